The standard InChI is InChI=1S/C23H29N3O2S/c1-13-18-14(2)24-22(23(4,5)6)25-20(18)29-19(13)21(27)26(7)15(3)16-11-9-10-12-17(16)28-8/h9-12,15H,1-8H3. The number of thiophene rings is 1. The van der Waals surface area contributed by atoms with E-state index in [0.717, 1.165) is 38.6 Å². The summed E-state index contributed by atoms with van der Waals surface area (Å²) in [6.07, 6.45) is 0. The molecule has 0 spiro atoms. The number of fused-ring (bicyclic) bond motifs is 1. The fourth-order valence-electron chi connectivity index (χ4n) is 3.43. The van der Waals surface area contributed by atoms with Crippen LogP contribution >= 0.6 is 11.3 Å². The highest BCUT2D eigenvalue weighted by Gasteiger charge is 2.27. The van der Waals surface area contributed by atoms with Gasteiger partial charge in [-0.3, -0.25) is 4.79 Å². The molecule has 0 aliphatic heterocycles. The predicted octanol–water partition coefficient (Wildman–Crippen LogP) is 5.45. The van der Waals surface area contributed by atoms with Crippen LogP contribution in [0.25, 0.3) is 10.2 Å². The quantitative estimate of drug-likeness (QED) is 0.573. The summed E-state index contributed by atoms with van der Waals surface area (Å²) in [5, 5.41) is 0.990. The summed E-state index contributed by atoms with van der Waals surface area (Å²) in [5.74, 6) is 1.57. The minimum absolute atomic E-state index is 0.0133. The van der Waals surface area contributed by atoms with Crippen LogP contribution in [0.2, 0.25) is 0 Å². The van der Waals surface area contributed by atoms with Gasteiger partial charge >= 0.3 is 0 Å². The minimum Gasteiger partial charge on any atom is -0.496 e. The number of aryl methyl sites for hydroxylation is 2. The first-order valence-corrected chi connectivity index (χ1v) is 10.6. The van der Waals surface area contributed by atoms with Crippen molar-refractivity contribution in [2.75, 3.05) is 14.2 Å². The Bertz CT molecular complexity index is 1070. The molecule has 0 aliphatic carbocycles. The van der Waals surface area contributed by atoms with Gasteiger partial charge in [-0.2, -0.15) is 0 Å². The molecule has 0 fully saturated rings. The van der Waals surface area contributed by atoms with Crippen LogP contribution in [0.5, 0.6) is 5.75 Å². The average Bonchev–Trinajstić information content (AvgIpc) is 3.02. The molecule has 29 heavy (non-hydrogen) atoms. The Hall–Kier alpha value is -2.47. The molecule has 1 aromatic carbocycles. The van der Waals surface area contributed by atoms with Crippen molar-refractivity contribution >= 4 is 27.5 Å². The molecule has 154 valence electrons. The summed E-state index contributed by atoms with van der Waals surface area (Å²) in [6, 6.07) is 7.68. The summed E-state index contributed by atoms with van der Waals surface area (Å²) in [4.78, 5) is 26.2. The summed E-state index contributed by atoms with van der Waals surface area (Å²) in [6.45, 7) is 12.3. The molecule has 3 aromatic rings. The van der Waals surface area contributed by atoms with E-state index in [2.05, 4.69) is 20.8 Å². The number of benzene rings is 1. The summed E-state index contributed by atoms with van der Waals surface area (Å²) in [7, 11) is 3.49. The van der Waals surface area contributed by atoms with Gasteiger partial charge in [0.05, 0.1) is 23.7 Å². The van der Waals surface area contributed by atoms with E-state index < -0.39 is 0 Å². The van der Waals surface area contributed by atoms with Gasteiger partial charge in [0.15, 0.2) is 0 Å². The van der Waals surface area contributed by atoms with Gasteiger partial charge in [-0.25, -0.2) is 9.97 Å². The van der Waals surface area contributed by atoms with Crippen molar-refractivity contribution in [3.63, 3.8) is 0 Å². The zero-order valence-corrected chi connectivity index (χ0v) is 19.3. The fraction of sp³-hybridized carbons (Fsp3) is 0.435. The number of nitrogens with zero attached hydrogens (tertiary/aromatic N) is 3. The maximum Gasteiger partial charge on any atom is 0.264 e. The van der Waals surface area contributed by atoms with Gasteiger partial charge in [0.1, 0.15) is 16.4 Å². The van der Waals surface area contributed by atoms with Crippen LogP contribution in [0.4, 0.5) is 0 Å². The van der Waals surface area contributed by atoms with E-state index >= 15 is 0 Å². The molecule has 3 rings (SSSR count). The number of carbonyl (C=O) groups excluding carboxylic acids is 1. The second-order valence-electron chi connectivity index (χ2n) is 8.45. The predicted molar refractivity (Wildman–Crippen MR) is 119 cm³/mol. The molecule has 0 bridgehead atoms. The largest absolute Gasteiger partial charge is 0.496 e. The van der Waals surface area contributed by atoms with Crippen molar-refractivity contribution in [1.29, 1.82) is 0 Å². The van der Waals surface area contributed by atoms with Gasteiger partial charge in [-0.15, -0.1) is 11.3 Å². The van der Waals surface area contributed by atoms with Crippen molar-refractivity contribution in [2.24, 2.45) is 0 Å². The molecular weight excluding hydrogens is 382 g/mol. The van der Waals surface area contributed by atoms with Crippen molar-refractivity contribution < 1.29 is 9.53 Å². The van der Waals surface area contributed by atoms with Crippen molar-refractivity contribution in [3.8, 4) is 5.75 Å². The Labute approximate surface area is 176 Å². The first-order valence-electron chi connectivity index (χ1n) is 9.74. The van der Waals surface area contributed by atoms with E-state index in [1.807, 2.05) is 52.1 Å². The van der Waals surface area contributed by atoms with E-state index in [-0.39, 0.29) is 17.4 Å². The van der Waals surface area contributed by atoms with E-state index in [0.29, 0.717) is 4.88 Å². The SMILES string of the molecule is COc1ccccc1C(C)N(C)C(=O)c1sc2nc(C(C)(C)C)nc(C)c2c1C. The number of hydrogen-bond donors (Lipinski definition) is 0. The Balaban J connectivity index is 2.02. The highest BCUT2D eigenvalue weighted by atomic mass is 32.1. The normalized spacial score (nSPS) is 12.8. The molecule has 0 saturated heterocycles. The van der Waals surface area contributed by atoms with Crippen LogP contribution in [0, 0.1) is 13.8 Å². The van der Waals surface area contributed by atoms with Crippen LogP contribution in [0.3, 0.4) is 0 Å². The maximum atomic E-state index is 13.4. The third kappa shape index (κ3) is 3.86. The summed E-state index contributed by atoms with van der Waals surface area (Å²) < 4.78 is 5.48. The number of carbonyl (C=O) groups is 1. The smallest absolute Gasteiger partial charge is 0.264 e. The van der Waals surface area contributed by atoms with Gasteiger partial charge in [0, 0.05) is 23.4 Å². The van der Waals surface area contributed by atoms with Crippen LogP contribution < -0.4 is 4.74 Å². The lowest BCUT2D eigenvalue weighted by molar-refractivity contribution is 0.0745. The molecule has 2 aromatic heterocycles. The lowest BCUT2D eigenvalue weighted by Crippen LogP contribution is -2.29. The third-order valence-corrected chi connectivity index (χ3v) is 6.50. The third-order valence-electron chi connectivity index (χ3n) is 5.33. The van der Waals surface area contributed by atoms with E-state index in [1.165, 1.54) is 11.3 Å². The number of methoxy groups -OCH3 is 1. The van der Waals surface area contributed by atoms with Crippen molar-refractivity contribution in [1.82, 2.24) is 14.9 Å². The van der Waals surface area contributed by atoms with Crippen LogP contribution in [-0.4, -0.2) is 34.9 Å². The molecule has 0 radical (unpaired) electrons. The number of ether oxygens (including phenoxy) is 1. The van der Waals surface area contributed by atoms with Gasteiger partial charge in [-0.1, -0.05) is 39.0 Å². The zero-order valence-electron chi connectivity index (χ0n) is 18.5. The van der Waals surface area contributed by atoms with Crippen LogP contribution in [0.1, 0.15) is 66.1 Å². The van der Waals surface area contributed by atoms with Crippen molar-refractivity contribution in [2.45, 2.75) is 53.0 Å². The topological polar surface area (TPSA) is 55.3 Å². The highest BCUT2D eigenvalue weighted by molar-refractivity contribution is 7.20. The number of hydrogen-bond acceptors (Lipinski definition) is 5. The van der Waals surface area contributed by atoms with Gasteiger partial charge < -0.3 is 9.64 Å². The number of rotatable bonds is 4. The van der Waals surface area contributed by atoms with E-state index in [1.54, 1.807) is 12.0 Å². The molecule has 2 heterocycles. The average molecular weight is 412 g/mol. The number of aromatic nitrogens is 2. The lowest BCUT2D eigenvalue weighted by atomic mass is 9.95. The molecule has 0 aliphatic rings. The summed E-state index contributed by atoms with van der Waals surface area (Å²) in [5.41, 5.74) is 2.71. The minimum atomic E-state index is -0.143. The molecule has 1 unspecified atom stereocenters. The Morgan fingerprint density at radius 3 is 2.45 bits per heavy atom. The number of para-hydroxylation sites is 1. The Kier molecular flexibility index (Phi) is 5.68. The van der Waals surface area contributed by atoms with E-state index in [4.69, 9.17) is 14.7 Å². The maximum absolute atomic E-state index is 13.4. The van der Waals surface area contributed by atoms with Crippen molar-refractivity contribution in [3.05, 3.63) is 51.8 Å². The van der Waals surface area contributed by atoms with Gasteiger partial charge in [-0.05, 0) is 32.4 Å². The van der Waals surface area contributed by atoms with Gasteiger partial charge in [0.25, 0.3) is 5.91 Å². The fourth-order valence-corrected chi connectivity index (χ4v) is 4.65. The second-order valence-corrected chi connectivity index (χ2v) is 9.45. The molecule has 5 nitrogen and oxygen atoms in total. The van der Waals surface area contributed by atoms with E-state index in [9.17, 15) is 4.79 Å². The zero-order chi connectivity index (χ0) is 21.5. The highest BCUT2D eigenvalue weighted by Crippen LogP contribution is 2.35. The van der Waals surface area contributed by atoms with Crippen LogP contribution in [-0.2, 0) is 5.41 Å². The van der Waals surface area contributed by atoms with Gasteiger partial charge in [0.2, 0.25) is 0 Å². The Morgan fingerprint density at radius 1 is 1.17 bits per heavy atom. The molecule has 1 amide bonds. The first-order chi connectivity index (χ1) is 13.6. The molecule has 0 N–H and O–H groups in total. The summed E-state index contributed by atoms with van der Waals surface area (Å²) >= 11 is 1.45. The number of amides is 1. The van der Waals surface area contributed by atoms with Crippen LogP contribution in [0.15, 0.2) is 24.3 Å². The molecule has 6 heteroatoms. The molecular formula is C23H29N3O2S. The molecule has 0 saturated carbocycles. The first kappa shape index (κ1) is 21.2. The monoisotopic (exact) mass is 411 g/mol. The lowest BCUT2D eigenvalue weighted by Gasteiger charge is -2.26. The second kappa shape index (κ2) is 7.75. The Morgan fingerprint density at radius 2 is 1.83 bits per heavy atom. The molecule has 1 atom stereocenters.